The molecule has 0 spiro atoms. The first-order chi connectivity index (χ1) is 13.1. The summed E-state index contributed by atoms with van der Waals surface area (Å²) in [5.41, 5.74) is 2.29. The number of hydrogen-bond acceptors (Lipinski definition) is 6. The topological polar surface area (TPSA) is 59.1 Å². The zero-order valence-electron chi connectivity index (χ0n) is 16.1. The van der Waals surface area contributed by atoms with Crippen LogP contribution in [0, 0.1) is 5.92 Å². The SMILES string of the molecule is COC(=O)C1CCN(Cc2ccc3c(c2)CN(C(=O)CSC)CCO3)CC1. The van der Waals surface area contributed by atoms with E-state index in [1.807, 2.05) is 17.2 Å². The van der Waals surface area contributed by atoms with Crippen LogP contribution in [0.2, 0.25) is 0 Å². The monoisotopic (exact) mass is 392 g/mol. The highest BCUT2D eigenvalue weighted by Gasteiger charge is 2.26. The van der Waals surface area contributed by atoms with Crippen LogP contribution in [-0.2, 0) is 27.4 Å². The minimum atomic E-state index is -0.0909. The number of amides is 1. The number of nitrogens with zero attached hydrogens (tertiary/aromatic N) is 2. The molecule has 27 heavy (non-hydrogen) atoms. The number of carbonyl (C=O) groups excluding carboxylic acids is 2. The predicted molar refractivity (Wildman–Crippen MR) is 106 cm³/mol. The van der Waals surface area contributed by atoms with Crippen molar-refractivity contribution in [2.24, 2.45) is 5.92 Å². The summed E-state index contributed by atoms with van der Waals surface area (Å²) in [5, 5.41) is 0. The molecule has 1 aromatic carbocycles. The number of esters is 1. The van der Waals surface area contributed by atoms with Crippen LogP contribution in [0.15, 0.2) is 18.2 Å². The molecule has 2 aliphatic rings. The third-order valence-corrected chi connectivity index (χ3v) is 5.79. The van der Waals surface area contributed by atoms with E-state index in [0.29, 0.717) is 25.4 Å². The second-order valence-corrected chi connectivity index (χ2v) is 7.98. The van der Waals surface area contributed by atoms with Gasteiger partial charge in [-0.2, -0.15) is 11.8 Å². The maximum atomic E-state index is 12.3. The smallest absolute Gasteiger partial charge is 0.308 e. The second-order valence-electron chi connectivity index (χ2n) is 7.11. The summed E-state index contributed by atoms with van der Waals surface area (Å²) in [6, 6.07) is 6.28. The van der Waals surface area contributed by atoms with Crippen molar-refractivity contribution < 1.29 is 19.1 Å². The summed E-state index contributed by atoms with van der Waals surface area (Å²) in [4.78, 5) is 28.2. The number of fused-ring (bicyclic) bond motifs is 1. The standard InChI is InChI=1S/C20H28N2O4S/c1-25-20(24)16-5-7-21(8-6-16)12-15-3-4-18-17(11-15)13-22(9-10-26-18)19(23)14-27-2/h3-4,11,16H,5-10,12-14H2,1-2H3. The summed E-state index contributed by atoms with van der Waals surface area (Å²) in [6.07, 6.45) is 3.64. The van der Waals surface area contributed by atoms with E-state index in [2.05, 4.69) is 17.0 Å². The number of rotatable bonds is 5. The maximum Gasteiger partial charge on any atom is 0.308 e. The minimum absolute atomic E-state index is 0.0303. The fourth-order valence-corrected chi connectivity index (χ4v) is 4.15. The first kappa shape index (κ1) is 20.0. The molecule has 1 fully saturated rings. The number of piperidine rings is 1. The van der Waals surface area contributed by atoms with E-state index >= 15 is 0 Å². The molecule has 0 unspecified atom stereocenters. The number of methoxy groups -OCH3 is 1. The molecule has 2 heterocycles. The van der Waals surface area contributed by atoms with Gasteiger partial charge < -0.3 is 14.4 Å². The van der Waals surface area contributed by atoms with E-state index in [1.165, 1.54) is 12.7 Å². The molecule has 6 nitrogen and oxygen atoms in total. The lowest BCUT2D eigenvalue weighted by Gasteiger charge is -2.30. The van der Waals surface area contributed by atoms with Crippen molar-refractivity contribution in [1.29, 1.82) is 0 Å². The Bertz CT molecular complexity index is 674. The molecule has 0 aromatic heterocycles. The predicted octanol–water partition coefficient (Wildman–Crippen LogP) is 2.16. The van der Waals surface area contributed by atoms with Gasteiger partial charge in [0, 0.05) is 18.7 Å². The number of thioether (sulfide) groups is 1. The number of likely N-dealkylation sites (tertiary alicyclic amines) is 1. The van der Waals surface area contributed by atoms with Gasteiger partial charge in [0.15, 0.2) is 0 Å². The fourth-order valence-electron chi connectivity index (χ4n) is 3.73. The molecule has 7 heteroatoms. The molecule has 2 aliphatic heterocycles. The van der Waals surface area contributed by atoms with Gasteiger partial charge in [0.05, 0.1) is 25.3 Å². The van der Waals surface area contributed by atoms with Gasteiger partial charge in [0.1, 0.15) is 12.4 Å². The Morgan fingerprint density at radius 3 is 2.74 bits per heavy atom. The third-order valence-electron chi connectivity index (χ3n) is 5.25. The Morgan fingerprint density at radius 1 is 1.26 bits per heavy atom. The van der Waals surface area contributed by atoms with Crippen LogP contribution in [0.25, 0.3) is 0 Å². The zero-order valence-corrected chi connectivity index (χ0v) is 16.9. The van der Waals surface area contributed by atoms with Gasteiger partial charge in [-0.25, -0.2) is 0 Å². The molecule has 0 atom stereocenters. The molecular formula is C20H28N2O4S. The fraction of sp³-hybridized carbons (Fsp3) is 0.600. The molecule has 1 saturated heterocycles. The highest BCUT2D eigenvalue weighted by molar-refractivity contribution is 7.99. The van der Waals surface area contributed by atoms with Gasteiger partial charge >= 0.3 is 5.97 Å². The van der Waals surface area contributed by atoms with E-state index in [9.17, 15) is 9.59 Å². The van der Waals surface area contributed by atoms with Crippen LogP contribution in [0.1, 0.15) is 24.0 Å². The van der Waals surface area contributed by atoms with E-state index < -0.39 is 0 Å². The quantitative estimate of drug-likeness (QED) is 0.716. The normalized spacial score (nSPS) is 18.4. The number of hydrogen-bond donors (Lipinski definition) is 0. The van der Waals surface area contributed by atoms with Gasteiger partial charge in [-0.15, -0.1) is 0 Å². The van der Waals surface area contributed by atoms with E-state index in [-0.39, 0.29) is 17.8 Å². The molecule has 0 aliphatic carbocycles. The molecular weight excluding hydrogens is 364 g/mol. The summed E-state index contributed by atoms with van der Waals surface area (Å²) in [7, 11) is 1.46. The molecule has 1 amide bonds. The van der Waals surface area contributed by atoms with Crippen LogP contribution in [-0.4, -0.2) is 67.0 Å². The summed E-state index contributed by atoms with van der Waals surface area (Å²) < 4.78 is 10.7. The van der Waals surface area contributed by atoms with Crippen molar-refractivity contribution >= 4 is 23.6 Å². The van der Waals surface area contributed by atoms with Crippen molar-refractivity contribution in [2.75, 3.05) is 45.4 Å². The average Bonchev–Trinajstić information content (AvgIpc) is 2.90. The maximum absolute atomic E-state index is 12.3. The molecule has 0 saturated carbocycles. The van der Waals surface area contributed by atoms with E-state index in [1.54, 1.807) is 11.8 Å². The number of ether oxygens (including phenoxy) is 2. The average molecular weight is 393 g/mol. The van der Waals surface area contributed by atoms with Gasteiger partial charge in [0.2, 0.25) is 5.91 Å². The lowest BCUT2D eigenvalue weighted by Crippen LogP contribution is -2.36. The first-order valence-electron chi connectivity index (χ1n) is 9.42. The largest absolute Gasteiger partial charge is 0.491 e. The minimum Gasteiger partial charge on any atom is -0.491 e. The second kappa shape index (κ2) is 9.46. The molecule has 0 N–H and O–H groups in total. The van der Waals surface area contributed by atoms with Crippen LogP contribution in [0.5, 0.6) is 5.75 Å². The molecule has 0 bridgehead atoms. The van der Waals surface area contributed by atoms with E-state index in [4.69, 9.17) is 9.47 Å². The van der Waals surface area contributed by atoms with Crippen LogP contribution >= 0.6 is 11.8 Å². The molecule has 148 valence electrons. The molecule has 1 aromatic rings. The van der Waals surface area contributed by atoms with Gasteiger partial charge in [0.25, 0.3) is 0 Å². The number of carbonyl (C=O) groups is 2. The van der Waals surface area contributed by atoms with Crippen LogP contribution in [0.4, 0.5) is 0 Å². The summed E-state index contributed by atoms with van der Waals surface area (Å²) >= 11 is 1.55. The summed E-state index contributed by atoms with van der Waals surface area (Å²) in [5.74, 6) is 1.48. The lowest BCUT2D eigenvalue weighted by molar-refractivity contribution is -0.147. The Kier molecular flexibility index (Phi) is 7.01. The highest BCUT2D eigenvalue weighted by atomic mass is 32.2. The van der Waals surface area contributed by atoms with Gasteiger partial charge in [-0.05, 0) is 49.9 Å². The Morgan fingerprint density at radius 2 is 2.04 bits per heavy atom. The third kappa shape index (κ3) is 5.17. The van der Waals surface area contributed by atoms with Crippen molar-refractivity contribution in [3.8, 4) is 5.75 Å². The van der Waals surface area contributed by atoms with Crippen molar-refractivity contribution in [3.63, 3.8) is 0 Å². The van der Waals surface area contributed by atoms with Gasteiger partial charge in [-0.3, -0.25) is 14.5 Å². The molecule has 3 rings (SSSR count). The Balaban J connectivity index is 1.62. The Hall–Kier alpha value is -1.73. The van der Waals surface area contributed by atoms with Gasteiger partial charge in [-0.1, -0.05) is 6.07 Å². The van der Waals surface area contributed by atoms with Crippen molar-refractivity contribution in [1.82, 2.24) is 9.80 Å². The van der Waals surface area contributed by atoms with Crippen LogP contribution < -0.4 is 4.74 Å². The first-order valence-corrected chi connectivity index (χ1v) is 10.8. The highest BCUT2D eigenvalue weighted by Crippen LogP contribution is 2.26. The Labute approximate surface area is 165 Å². The lowest BCUT2D eigenvalue weighted by atomic mass is 9.96. The summed E-state index contributed by atoms with van der Waals surface area (Å²) in [6.45, 7) is 4.41. The van der Waals surface area contributed by atoms with Crippen molar-refractivity contribution in [2.45, 2.75) is 25.9 Å². The molecule has 0 radical (unpaired) electrons. The van der Waals surface area contributed by atoms with Crippen molar-refractivity contribution in [3.05, 3.63) is 29.3 Å². The zero-order chi connectivity index (χ0) is 19.2. The van der Waals surface area contributed by atoms with E-state index in [0.717, 1.165) is 43.8 Å². The number of benzene rings is 1. The van der Waals surface area contributed by atoms with Crippen LogP contribution in [0.3, 0.4) is 0 Å².